The van der Waals surface area contributed by atoms with Crippen molar-refractivity contribution in [1.82, 2.24) is 9.97 Å². The number of hydrogen-bond acceptors (Lipinski definition) is 3. The summed E-state index contributed by atoms with van der Waals surface area (Å²) in [7, 11) is 0. The molecule has 0 amide bonds. The predicted molar refractivity (Wildman–Crippen MR) is 73.7 cm³/mol. The van der Waals surface area contributed by atoms with Crippen molar-refractivity contribution < 1.29 is 4.74 Å². The molecule has 0 bridgehead atoms. The molecule has 2 heterocycles. The number of aromatic nitrogens is 2. The number of fused-ring (bicyclic) bond motifs is 2. The lowest BCUT2D eigenvalue weighted by Crippen LogP contribution is -1.97. The summed E-state index contributed by atoms with van der Waals surface area (Å²) in [6.07, 6.45) is 4.11. The van der Waals surface area contributed by atoms with Gasteiger partial charge in [0.15, 0.2) is 5.82 Å². The maximum absolute atomic E-state index is 6.27. The van der Waals surface area contributed by atoms with E-state index < -0.39 is 0 Å². The molecule has 0 saturated carbocycles. The highest BCUT2D eigenvalue weighted by molar-refractivity contribution is 6.30. The van der Waals surface area contributed by atoms with E-state index in [9.17, 15) is 0 Å². The van der Waals surface area contributed by atoms with Crippen molar-refractivity contribution in [3.63, 3.8) is 0 Å². The summed E-state index contributed by atoms with van der Waals surface area (Å²) in [6, 6.07) is 6.13. The van der Waals surface area contributed by atoms with Crippen LogP contribution in [0.2, 0.25) is 5.15 Å². The van der Waals surface area contributed by atoms with Gasteiger partial charge in [-0.15, -0.1) is 0 Å². The molecular formula is C15H13ClN2O. The predicted octanol–water partition coefficient (Wildman–Crippen LogP) is 3.22. The monoisotopic (exact) mass is 272 g/mol. The molecule has 3 nitrogen and oxygen atoms in total. The van der Waals surface area contributed by atoms with Crippen molar-refractivity contribution in [3.05, 3.63) is 40.2 Å². The van der Waals surface area contributed by atoms with Crippen molar-refractivity contribution in [2.24, 2.45) is 0 Å². The summed E-state index contributed by atoms with van der Waals surface area (Å²) in [5.74, 6) is 1.72. The Bertz CT molecular complexity index is 669. The van der Waals surface area contributed by atoms with E-state index in [1.54, 1.807) is 0 Å². The van der Waals surface area contributed by atoms with Crippen LogP contribution in [0.25, 0.3) is 11.4 Å². The van der Waals surface area contributed by atoms with Crippen molar-refractivity contribution in [2.75, 3.05) is 6.61 Å². The molecule has 19 heavy (non-hydrogen) atoms. The Labute approximate surface area is 116 Å². The Morgan fingerprint density at radius 3 is 3.00 bits per heavy atom. The minimum Gasteiger partial charge on any atom is -0.493 e. The fourth-order valence-corrected chi connectivity index (χ4v) is 3.13. The lowest BCUT2D eigenvalue weighted by molar-refractivity contribution is 0.357. The molecule has 4 rings (SSSR count). The number of benzene rings is 1. The number of halogens is 1. The quantitative estimate of drug-likeness (QED) is 0.748. The molecule has 0 spiro atoms. The van der Waals surface area contributed by atoms with E-state index in [1.165, 1.54) is 5.56 Å². The van der Waals surface area contributed by atoms with Gasteiger partial charge in [0.2, 0.25) is 0 Å². The molecule has 4 heteroatoms. The maximum Gasteiger partial charge on any atom is 0.161 e. The fourth-order valence-electron chi connectivity index (χ4n) is 2.84. The highest BCUT2D eigenvalue weighted by Gasteiger charge is 2.20. The minimum atomic E-state index is 0.620. The molecule has 0 unspecified atom stereocenters. The zero-order valence-corrected chi connectivity index (χ0v) is 11.2. The number of hydrogen-bond donors (Lipinski definition) is 0. The van der Waals surface area contributed by atoms with Crippen LogP contribution in [-0.2, 0) is 19.3 Å². The van der Waals surface area contributed by atoms with Gasteiger partial charge in [-0.05, 0) is 43.0 Å². The van der Waals surface area contributed by atoms with Gasteiger partial charge in [-0.3, -0.25) is 0 Å². The highest BCUT2D eigenvalue weighted by Crippen LogP contribution is 2.32. The van der Waals surface area contributed by atoms with Gasteiger partial charge < -0.3 is 4.74 Å². The number of rotatable bonds is 1. The smallest absolute Gasteiger partial charge is 0.161 e. The molecule has 0 N–H and O–H groups in total. The molecule has 1 aliphatic heterocycles. The standard InChI is InChI=1S/C15H13ClN2O/c16-14-11-2-1-3-12(11)17-15(18-14)10-4-5-13-9(8-10)6-7-19-13/h4-5,8H,1-3,6-7H2. The van der Waals surface area contributed by atoms with Gasteiger partial charge in [-0.25, -0.2) is 9.97 Å². The van der Waals surface area contributed by atoms with Crippen LogP contribution in [-0.4, -0.2) is 16.6 Å². The molecular weight excluding hydrogens is 260 g/mol. The molecule has 0 fully saturated rings. The zero-order chi connectivity index (χ0) is 12.8. The first kappa shape index (κ1) is 11.2. The van der Waals surface area contributed by atoms with Gasteiger partial charge in [0.1, 0.15) is 10.9 Å². The van der Waals surface area contributed by atoms with Gasteiger partial charge in [0.05, 0.1) is 6.61 Å². The lowest BCUT2D eigenvalue weighted by atomic mass is 10.1. The molecule has 0 saturated heterocycles. The third kappa shape index (κ3) is 1.80. The first-order chi connectivity index (χ1) is 9.31. The van der Waals surface area contributed by atoms with Crippen molar-refractivity contribution >= 4 is 11.6 Å². The van der Waals surface area contributed by atoms with E-state index in [0.29, 0.717) is 5.15 Å². The fraction of sp³-hybridized carbons (Fsp3) is 0.333. The average molecular weight is 273 g/mol. The first-order valence-corrected chi connectivity index (χ1v) is 7.00. The van der Waals surface area contributed by atoms with Crippen LogP contribution in [0, 0.1) is 0 Å². The normalized spacial score (nSPS) is 16.1. The summed E-state index contributed by atoms with van der Waals surface area (Å²) in [6.45, 7) is 0.768. The molecule has 0 radical (unpaired) electrons. The van der Waals surface area contributed by atoms with Crippen LogP contribution in [0.4, 0.5) is 0 Å². The molecule has 1 aromatic heterocycles. The summed E-state index contributed by atoms with van der Waals surface area (Å²) >= 11 is 6.27. The van der Waals surface area contributed by atoms with Gasteiger partial charge in [-0.2, -0.15) is 0 Å². The second-order valence-corrected chi connectivity index (χ2v) is 5.40. The molecule has 0 atom stereocenters. The summed E-state index contributed by atoms with van der Waals surface area (Å²) in [5, 5.41) is 0.620. The number of aryl methyl sites for hydroxylation is 1. The van der Waals surface area contributed by atoms with Gasteiger partial charge in [0, 0.05) is 23.2 Å². The van der Waals surface area contributed by atoms with E-state index >= 15 is 0 Å². The topological polar surface area (TPSA) is 35.0 Å². The van der Waals surface area contributed by atoms with Gasteiger partial charge in [-0.1, -0.05) is 11.6 Å². The summed E-state index contributed by atoms with van der Waals surface area (Å²) in [5.41, 5.74) is 4.51. The first-order valence-electron chi connectivity index (χ1n) is 6.62. The van der Waals surface area contributed by atoms with Crippen molar-refractivity contribution in [3.8, 4) is 17.1 Å². The zero-order valence-electron chi connectivity index (χ0n) is 10.4. The maximum atomic E-state index is 6.27. The van der Waals surface area contributed by atoms with Crippen molar-refractivity contribution in [1.29, 1.82) is 0 Å². The Morgan fingerprint density at radius 1 is 1.11 bits per heavy atom. The Balaban J connectivity index is 1.82. The molecule has 1 aromatic carbocycles. The van der Waals surface area contributed by atoms with Crippen LogP contribution >= 0.6 is 11.6 Å². The summed E-state index contributed by atoms with van der Waals surface area (Å²) in [4.78, 5) is 9.13. The Kier molecular flexibility index (Phi) is 2.49. The van der Waals surface area contributed by atoms with E-state index in [0.717, 1.165) is 60.7 Å². The van der Waals surface area contributed by atoms with E-state index in [2.05, 4.69) is 16.0 Å². The third-order valence-corrected chi connectivity index (χ3v) is 4.14. The van der Waals surface area contributed by atoms with Crippen LogP contribution in [0.3, 0.4) is 0 Å². The SMILES string of the molecule is Clc1nc(-c2ccc3c(c2)CCO3)nc2c1CCC2. The number of ether oxygens (including phenoxy) is 1. The minimum absolute atomic E-state index is 0.620. The highest BCUT2D eigenvalue weighted by atomic mass is 35.5. The van der Waals surface area contributed by atoms with E-state index in [4.69, 9.17) is 16.3 Å². The second kappa shape index (κ2) is 4.20. The van der Waals surface area contributed by atoms with Crippen LogP contribution in [0.15, 0.2) is 18.2 Å². The molecule has 2 aliphatic rings. The largest absolute Gasteiger partial charge is 0.493 e. The number of nitrogens with zero attached hydrogens (tertiary/aromatic N) is 2. The van der Waals surface area contributed by atoms with Gasteiger partial charge in [0.25, 0.3) is 0 Å². The third-order valence-electron chi connectivity index (χ3n) is 3.83. The average Bonchev–Trinajstić information content (AvgIpc) is 3.06. The second-order valence-electron chi connectivity index (χ2n) is 5.04. The van der Waals surface area contributed by atoms with Crippen molar-refractivity contribution in [2.45, 2.75) is 25.7 Å². The van der Waals surface area contributed by atoms with E-state index in [1.807, 2.05) is 12.1 Å². The molecule has 96 valence electrons. The van der Waals surface area contributed by atoms with Crippen LogP contribution in [0.5, 0.6) is 5.75 Å². The molecule has 2 aromatic rings. The summed E-state index contributed by atoms with van der Waals surface area (Å²) < 4.78 is 5.52. The van der Waals surface area contributed by atoms with E-state index in [-0.39, 0.29) is 0 Å². The lowest BCUT2D eigenvalue weighted by Gasteiger charge is -2.07. The molecule has 1 aliphatic carbocycles. The van der Waals surface area contributed by atoms with Crippen LogP contribution in [0.1, 0.15) is 23.2 Å². The Morgan fingerprint density at radius 2 is 2.05 bits per heavy atom. The Hall–Kier alpha value is -1.61. The van der Waals surface area contributed by atoms with Gasteiger partial charge >= 0.3 is 0 Å². The van der Waals surface area contributed by atoms with Crippen LogP contribution < -0.4 is 4.74 Å².